The second-order valence-corrected chi connectivity index (χ2v) is 5.96. The number of nitrogens with zero attached hydrogens (tertiary/aromatic N) is 4. The number of nitriles is 1. The SMILES string of the molecule is N#Cc1nccnc1OC1CCN(C(=O)/C=C/c2cccs2)C1. The molecule has 1 unspecified atom stereocenters. The summed E-state index contributed by atoms with van der Waals surface area (Å²) in [5.41, 5.74) is 0.162. The fourth-order valence-corrected chi connectivity index (χ4v) is 2.93. The number of amides is 1. The van der Waals surface area contributed by atoms with E-state index in [-0.39, 0.29) is 23.6 Å². The van der Waals surface area contributed by atoms with Crippen LogP contribution in [0.2, 0.25) is 0 Å². The molecule has 3 rings (SSSR count). The molecule has 1 aliphatic heterocycles. The summed E-state index contributed by atoms with van der Waals surface area (Å²) in [4.78, 5) is 22.9. The van der Waals surface area contributed by atoms with Crippen molar-refractivity contribution in [3.8, 4) is 11.9 Å². The Morgan fingerprint density at radius 2 is 2.35 bits per heavy atom. The summed E-state index contributed by atoms with van der Waals surface area (Å²) in [5.74, 6) is 0.188. The zero-order valence-corrected chi connectivity index (χ0v) is 13.1. The van der Waals surface area contributed by atoms with Crippen LogP contribution in [0, 0.1) is 11.3 Å². The van der Waals surface area contributed by atoms with Gasteiger partial charge in [0, 0.05) is 36.3 Å². The van der Waals surface area contributed by atoms with Gasteiger partial charge in [-0.1, -0.05) is 6.07 Å². The minimum atomic E-state index is -0.169. The molecular weight excluding hydrogens is 312 g/mol. The van der Waals surface area contributed by atoms with E-state index in [2.05, 4.69) is 9.97 Å². The molecule has 1 aliphatic rings. The lowest BCUT2D eigenvalue weighted by Gasteiger charge is -2.15. The predicted molar refractivity (Wildman–Crippen MR) is 85.7 cm³/mol. The first-order valence-electron chi connectivity index (χ1n) is 7.14. The normalized spacial score (nSPS) is 17.3. The van der Waals surface area contributed by atoms with Crippen molar-refractivity contribution >= 4 is 23.3 Å². The van der Waals surface area contributed by atoms with Crippen LogP contribution in [-0.2, 0) is 4.79 Å². The van der Waals surface area contributed by atoms with Crippen LogP contribution in [0.1, 0.15) is 17.0 Å². The molecule has 2 aromatic rings. The molecule has 0 aliphatic carbocycles. The van der Waals surface area contributed by atoms with Gasteiger partial charge in [0.25, 0.3) is 5.88 Å². The van der Waals surface area contributed by atoms with E-state index in [9.17, 15) is 4.79 Å². The monoisotopic (exact) mass is 326 g/mol. The highest BCUT2D eigenvalue weighted by Crippen LogP contribution is 2.19. The third-order valence-electron chi connectivity index (χ3n) is 3.44. The smallest absolute Gasteiger partial charge is 0.251 e. The van der Waals surface area contributed by atoms with Gasteiger partial charge in [-0.2, -0.15) is 5.26 Å². The van der Waals surface area contributed by atoms with Gasteiger partial charge in [0.2, 0.25) is 11.6 Å². The van der Waals surface area contributed by atoms with Crippen LogP contribution in [0.4, 0.5) is 0 Å². The van der Waals surface area contributed by atoms with Crippen molar-refractivity contribution in [1.82, 2.24) is 14.9 Å². The first-order chi connectivity index (χ1) is 11.3. The Hall–Kier alpha value is -2.72. The molecule has 6 nitrogen and oxygen atoms in total. The number of hydrogen-bond donors (Lipinski definition) is 0. The van der Waals surface area contributed by atoms with Crippen molar-refractivity contribution < 1.29 is 9.53 Å². The molecule has 116 valence electrons. The summed E-state index contributed by atoms with van der Waals surface area (Å²) in [6, 6.07) is 5.86. The lowest BCUT2D eigenvalue weighted by molar-refractivity contribution is -0.125. The van der Waals surface area contributed by atoms with Crippen molar-refractivity contribution in [3.05, 3.63) is 46.6 Å². The number of ether oxygens (including phenoxy) is 1. The van der Waals surface area contributed by atoms with E-state index >= 15 is 0 Å². The predicted octanol–water partition coefficient (Wildman–Crippen LogP) is 2.10. The summed E-state index contributed by atoms with van der Waals surface area (Å²) in [7, 11) is 0. The summed E-state index contributed by atoms with van der Waals surface area (Å²) < 4.78 is 5.72. The number of aromatic nitrogens is 2. The van der Waals surface area contributed by atoms with Gasteiger partial charge in [-0.3, -0.25) is 4.79 Å². The Morgan fingerprint density at radius 1 is 1.48 bits per heavy atom. The van der Waals surface area contributed by atoms with E-state index in [1.54, 1.807) is 22.3 Å². The largest absolute Gasteiger partial charge is 0.470 e. The molecule has 7 heteroatoms. The molecule has 23 heavy (non-hydrogen) atoms. The van der Waals surface area contributed by atoms with E-state index in [0.29, 0.717) is 19.5 Å². The molecular formula is C16H14N4O2S. The van der Waals surface area contributed by atoms with E-state index in [0.717, 1.165) is 4.88 Å². The van der Waals surface area contributed by atoms with E-state index in [1.165, 1.54) is 12.4 Å². The van der Waals surface area contributed by atoms with Crippen molar-refractivity contribution in [3.63, 3.8) is 0 Å². The molecule has 0 radical (unpaired) electrons. The number of carbonyl (C=O) groups is 1. The summed E-state index contributed by atoms with van der Waals surface area (Å²) in [6.07, 6.45) is 6.87. The van der Waals surface area contributed by atoms with E-state index in [1.807, 2.05) is 29.7 Å². The quantitative estimate of drug-likeness (QED) is 0.804. The average molecular weight is 326 g/mol. The lowest BCUT2D eigenvalue weighted by atomic mass is 10.3. The second kappa shape index (κ2) is 7.03. The molecule has 3 heterocycles. The molecule has 0 aromatic carbocycles. The van der Waals surface area contributed by atoms with Gasteiger partial charge < -0.3 is 9.64 Å². The summed E-state index contributed by atoms with van der Waals surface area (Å²) in [5, 5.41) is 11.0. The van der Waals surface area contributed by atoms with Gasteiger partial charge in [-0.15, -0.1) is 11.3 Å². The molecule has 0 saturated carbocycles. The molecule has 0 N–H and O–H groups in total. The molecule has 1 saturated heterocycles. The first-order valence-corrected chi connectivity index (χ1v) is 8.02. The Bertz CT molecular complexity index is 752. The molecule has 2 aromatic heterocycles. The van der Waals surface area contributed by atoms with E-state index < -0.39 is 0 Å². The molecule has 1 atom stereocenters. The number of rotatable bonds is 4. The van der Waals surface area contributed by atoms with Gasteiger partial charge >= 0.3 is 0 Å². The zero-order chi connectivity index (χ0) is 16.1. The first kappa shape index (κ1) is 15.2. The highest BCUT2D eigenvalue weighted by atomic mass is 32.1. The third-order valence-corrected chi connectivity index (χ3v) is 4.28. The Balaban J connectivity index is 1.58. The molecule has 0 spiro atoms. The van der Waals surface area contributed by atoms with Gasteiger partial charge in [0.15, 0.2) is 0 Å². The number of thiophene rings is 1. The lowest BCUT2D eigenvalue weighted by Crippen LogP contribution is -2.29. The summed E-state index contributed by atoms with van der Waals surface area (Å²) >= 11 is 1.59. The fraction of sp³-hybridized carbons (Fsp3) is 0.250. The minimum absolute atomic E-state index is 0.0378. The maximum Gasteiger partial charge on any atom is 0.251 e. The Morgan fingerprint density at radius 3 is 3.13 bits per heavy atom. The number of likely N-dealkylation sites (tertiary alicyclic amines) is 1. The molecule has 1 fully saturated rings. The van der Waals surface area contributed by atoms with Crippen LogP contribution in [0.5, 0.6) is 5.88 Å². The van der Waals surface area contributed by atoms with Gasteiger partial charge in [0.05, 0.1) is 6.54 Å². The standard InChI is InChI=1S/C16H14N4O2S/c17-10-14-16(19-7-6-18-14)22-12-5-8-20(11-12)15(21)4-3-13-2-1-9-23-13/h1-4,6-7,9,12H,5,8,11H2/b4-3+. The Kier molecular flexibility index (Phi) is 4.64. The number of carbonyl (C=O) groups excluding carboxylic acids is 1. The van der Waals surface area contributed by atoms with Crippen LogP contribution >= 0.6 is 11.3 Å². The second-order valence-electron chi connectivity index (χ2n) is 4.98. The van der Waals surface area contributed by atoms with Crippen LogP contribution in [0.25, 0.3) is 6.08 Å². The zero-order valence-electron chi connectivity index (χ0n) is 12.3. The van der Waals surface area contributed by atoms with Crippen molar-refractivity contribution in [2.75, 3.05) is 13.1 Å². The van der Waals surface area contributed by atoms with Gasteiger partial charge in [-0.05, 0) is 17.5 Å². The highest BCUT2D eigenvalue weighted by Gasteiger charge is 2.27. The molecule has 1 amide bonds. The van der Waals surface area contributed by atoms with Crippen LogP contribution in [-0.4, -0.2) is 40.0 Å². The fourth-order valence-electron chi connectivity index (χ4n) is 2.32. The maximum absolute atomic E-state index is 12.2. The summed E-state index contributed by atoms with van der Waals surface area (Å²) in [6.45, 7) is 1.11. The van der Waals surface area contributed by atoms with Crippen LogP contribution in [0.3, 0.4) is 0 Å². The minimum Gasteiger partial charge on any atom is -0.470 e. The van der Waals surface area contributed by atoms with Crippen molar-refractivity contribution in [1.29, 1.82) is 5.26 Å². The molecule has 0 bridgehead atoms. The third kappa shape index (κ3) is 3.73. The topological polar surface area (TPSA) is 79.1 Å². The van der Waals surface area contributed by atoms with Crippen LogP contribution in [0.15, 0.2) is 36.0 Å². The van der Waals surface area contributed by atoms with Gasteiger partial charge in [0.1, 0.15) is 12.2 Å². The van der Waals surface area contributed by atoms with Crippen molar-refractivity contribution in [2.24, 2.45) is 0 Å². The highest BCUT2D eigenvalue weighted by molar-refractivity contribution is 7.10. The van der Waals surface area contributed by atoms with E-state index in [4.69, 9.17) is 10.00 Å². The number of hydrogen-bond acceptors (Lipinski definition) is 6. The van der Waals surface area contributed by atoms with Crippen LogP contribution < -0.4 is 4.74 Å². The maximum atomic E-state index is 12.2. The average Bonchev–Trinajstić information content (AvgIpc) is 3.25. The van der Waals surface area contributed by atoms with Crippen molar-refractivity contribution in [2.45, 2.75) is 12.5 Å². The van der Waals surface area contributed by atoms with Gasteiger partial charge in [-0.25, -0.2) is 9.97 Å². The Labute approximate surface area is 137 Å².